The number of benzene rings is 1. The molecule has 0 spiro atoms. The van der Waals surface area contributed by atoms with Crippen LogP contribution in [0.2, 0.25) is 0 Å². The molecule has 0 amide bonds. The summed E-state index contributed by atoms with van der Waals surface area (Å²) in [5.74, 6) is 0.285. The van der Waals surface area contributed by atoms with Crippen LogP contribution in [0.1, 0.15) is 43.6 Å². The number of nitro groups is 1. The van der Waals surface area contributed by atoms with Gasteiger partial charge in [0.2, 0.25) is 0 Å². The third-order valence-corrected chi connectivity index (χ3v) is 3.71. The molecule has 2 unspecified atom stereocenters. The Hall–Kier alpha value is -1.89. The predicted molar refractivity (Wildman–Crippen MR) is 68.0 cm³/mol. The van der Waals surface area contributed by atoms with Crippen molar-refractivity contribution in [3.05, 3.63) is 39.9 Å². The summed E-state index contributed by atoms with van der Waals surface area (Å²) in [6, 6.07) is 9.08. The topological polar surface area (TPSA) is 66.9 Å². The second kappa shape index (κ2) is 5.63. The van der Waals surface area contributed by atoms with Crippen LogP contribution in [0.4, 0.5) is 5.69 Å². The molecule has 2 rings (SSSR count). The Kier molecular flexibility index (Phi) is 3.93. The van der Waals surface area contributed by atoms with E-state index in [1.54, 1.807) is 12.1 Å². The van der Waals surface area contributed by atoms with Crippen LogP contribution < -0.4 is 0 Å². The first-order chi connectivity index (χ1) is 8.72. The predicted octanol–water partition coefficient (Wildman–Crippen LogP) is 3.78. The van der Waals surface area contributed by atoms with Crippen molar-refractivity contribution in [3.63, 3.8) is 0 Å². The van der Waals surface area contributed by atoms with Gasteiger partial charge in [-0.25, -0.2) is 0 Å². The van der Waals surface area contributed by atoms with Crippen molar-refractivity contribution < 1.29 is 4.92 Å². The fourth-order valence-electron chi connectivity index (χ4n) is 2.70. The van der Waals surface area contributed by atoms with Crippen LogP contribution in [-0.4, -0.2) is 4.92 Å². The summed E-state index contributed by atoms with van der Waals surface area (Å²) in [4.78, 5) is 10.2. The number of non-ortho nitro benzene ring substituents is 1. The zero-order valence-corrected chi connectivity index (χ0v) is 10.2. The van der Waals surface area contributed by atoms with Gasteiger partial charge in [-0.05, 0) is 24.3 Å². The van der Waals surface area contributed by atoms with E-state index in [2.05, 4.69) is 6.07 Å². The fourth-order valence-corrected chi connectivity index (χ4v) is 2.70. The Morgan fingerprint density at radius 2 is 1.83 bits per heavy atom. The molecule has 0 aromatic heterocycles. The van der Waals surface area contributed by atoms with E-state index in [1.165, 1.54) is 18.6 Å². The molecule has 18 heavy (non-hydrogen) atoms. The van der Waals surface area contributed by atoms with Crippen molar-refractivity contribution in [2.75, 3.05) is 0 Å². The molecule has 4 nitrogen and oxygen atoms in total. The average molecular weight is 244 g/mol. The number of nitrogens with zero attached hydrogens (tertiary/aromatic N) is 2. The third kappa shape index (κ3) is 2.67. The van der Waals surface area contributed by atoms with E-state index >= 15 is 0 Å². The summed E-state index contributed by atoms with van der Waals surface area (Å²) in [6.07, 6.45) is 5.39. The zero-order valence-electron chi connectivity index (χ0n) is 10.2. The van der Waals surface area contributed by atoms with Gasteiger partial charge in [-0.3, -0.25) is 10.1 Å². The number of nitro benzene ring substituents is 1. The summed E-state index contributed by atoms with van der Waals surface area (Å²) in [5, 5.41) is 19.8. The van der Waals surface area contributed by atoms with Gasteiger partial charge in [0.1, 0.15) is 0 Å². The number of hydrogen-bond acceptors (Lipinski definition) is 3. The Labute approximate surface area is 106 Å². The number of rotatable bonds is 2. The molecule has 1 saturated carbocycles. The van der Waals surface area contributed by atoms with E-state index in [0.717, 1.165) is 31.2 Å². The molecule has 1 aromatic carbocycles. The van der Waals surface area contributed by atoms with Crippen LogP contribution >= 0.6 is 0 Å². The van der Waals surface area contributed by atoms with Crippen LogP contribution in [0.5, 0.6) is 0 Å². The fraction of sp³-hybridized carbons (Fsp3) is 0.500. The molecule has 0 bridgehead atoms. The van der Waals surface area contributed by atoms with Crippen LogP contribution in [0.25, 0.3) is 0 Å². The second-order valence-electron chi connectivity index (χ2n) is 4.83. The summed E-state index contributed by atoms with van der Waals surface area (Å²) < 4.78 is 0. The summed E-state index contributed by atoms with van der Waals surface area (Å²) >= 11 is 0. The lowest BCUT2D eigenvalue weighted by Gasteiger charge is -2.19. The SMILES string of the molecule is N#CC1CCCCCC1c1ccc([N+](=O)[O-])cc1. The molecule has 1 aliphatic carbocycles. The Bertz CT molecular complexity index is 462. The molecule has 0 heterocycles. The zero-order chi connectivity index (χ0) is 13.0. The maximum Gasteiger partial charge on any atom is 0.269 e. The van der Waals surface area contributed by atoms with E-state index in [9.17, 15) is 15.4 Å². The second-order valence-corrected chi connectivity index (χ2v) is 4.83. The molecular formula is C14H16N2O2. The van der Waals surface area contributed by atoms with Gasteiger partial charge in [0.25, 0.3) is 5.69 Å². The largest absolute Gasteiger partial charge is 0.269 e. The van der Waals surface area contributed by atoms with E-state index in [4.69, 9.17) is 0 Å². The summed E-state index contributed by atoms with van der Waals surface area (Å²) in [5.41, 5.74) is 1.18. The highest BCUT2D eigenvalue weighted by Gasteiger charge is 2.25. The lowest BCUT2D eigenvalue weighted by molar-refractivity contribution is -0.384. The van der Waals surface area contributed by atoms with Crippen LogP contribution in [-0.2, 0) is 0 Å². The molecule has 4 heteroatoms. The quantitative estimate of drug-likeness (QED) is 0.451. The number of nitriles is 1. The van der Waals surface area contributed by atoms with E-state index < -0.39 is 4.92 Å². The van der Waals surface area contributed by atoms with Crippen LogP contribution in [0.3, 0.4) is 0 Å². The third-order valence-electron chi connectivity index (χ3n) is 3.71. The van der Waals surface area contributed by atoms with Gasteiger partial charge in [0.15, 0.2) is 0 Å². The van der Waals surface area contributed by atoms with Gasteiger partial charge in [0, 0.05) is 12.1 Å². The molecule has 1 aliphatic rings. The molecule has 1 fully saturated rings. The molecule has 1 aromatic rings. The van der Waals surface area contributed by atoms with Crippen LogP contribution in [0, 0.1) is 27.4 Å². The first-order valence-electron chi connectivity index (χ1n) is 6.36. The monoisotopic (exact) mass is 244 g/mol. The highest BCUT2D eigenvalue weighted by atomic mass is 16.6. The van der Waals surface area contributed by atoms with E-state index in [-0.39, 0.29) is 17.5 Å². The lowest BCUT2D eigenvalue weighted by Crippen LogP contribution is -2.09. The highest BCUT2D eigenvalue weighted by Crippen LogP contribution is 2.36. The Balaban J connectivity index is 2.22. The molecule has 0 radical (unpaired) electrons. The molecule has 0 N–H and O–H groups in total. The minimum absolute atomic E-state index is 0.0500. The van der Waals surface area contributed by atoms with Crippen molar-refractivity contribution >= 4 is 5.69 Å². The lowest BCUT2D eigenvalue weighted by atomic mass is 9.83. The molecule has 2 atom stereocenters. The van der Waals surface area contributed by atoms with Gasteiger partial charge in [0.05, 0.1) is 16.9 Å². The average Bonchev–Trinajstić information content (AvgIpc) is 2.63. The van der Waals surface area contributed by atoms with Crippen molar-refractivity contribution in [1.29, 1.82) is 5.26 Å². The van der Waals surface area contributed by atoms with Gasteiger partial charge >= 0.3 is 0 Å². The van der Waals surface area contributed by atoms with Crippen molar-refractivity contribution in [1.82, 2.24) is 0 Å². The molecule has 0 aliphatic heterocycles. The molecule has 94 valence electrons. The Morgan fingerprint density at radius 3 is 2.44 bits per heavy atom. The van der Waals surface area contributed by atoms with Crippen molar-refractivity contribution in [3.8, 4) is 6.07 Å². The normalized spacial score (nSPS) is 23.9. The standard InChI is InChI=1S/C14H16N2O2/c15-10-12-4-2-1-3-5-14(12)11-6-8-13(9-7-11)16(17)18/h6-9,12,14H,1-5H2. The maximum absolute atomic E-state index is 10.6. The highest BCUT2D eigenvalue weighted by molar-refractivity contribution is 5.35. The minimum Gasteiger partial charge on any atom is -0.258 e. The van der Waals surface area contributed by atoms with E-state index in [0.29, 0.717) is 0 Å². The van der Waals surface area contributed by atoms with Crippen molar-refractivity contribution in [2.45, 2.75) is 38.0 Å². The molecule has 0 saturated heterocycles. The smallest absolute Gasteiger partial charge is 0.258 e. The van der Waals surface area contributed by atoms with Crippen molar-refractivity contribution in [2.24, 2.45) is 5.92 Å². The van der Waals surface area contributed by atoms with Gasteiger partial charge < -0.3 is 0 Å². The van der Waals surface area contributed by atoms with E-state index in [1.807, 2.05) is 0 Å². The Morgan fingerprint density at radius 1 is 1.17 bits per heavy atom. The summed E-state index contributed by atoms with van der Waals surface area (Å²) in [6.45, 7) is 0. The number of hydrogen-bond donors (Lipinski definition) is 0. The van der Waals surface area contributed by atoms with Gasteiger partial charge in [-0.1, -0.05) is 31.4 Å². The maximum atomic E-state index is 10.6. The molecular weight excluding hydrogens is 228 g/mol. The van der Waals surface area contributed by atoms with Gasteiger partial charge in [-0.15, -0.1) is 0 Å². The summed E-state index contributed by atoms with van der Waals surface area (Å²) in [7, 11) is 0. The minimum atomic E-state index is -0.390. The first-order valence-corrected chi connectivity index (χ1v) is 6.36. The van der Waals surface area contributed by atoms with Crippen LogP contribution in [0.15, 0.2) is 24.3 Å². The first kappa shape index (κ1) is 12.6. The van der Waals surface area contributed by atoms with Gasteiger partial charge in [-0.2, -0.15) is 5.26 Å².